The molecule has 1 nitrogen and oxygen atoms in total. The van der Waals surface area contributed by atoms with Crippen LogP contribution in [-0.4, -0.2) is 8.07 Å². The molecular formula is C18H24BrNSi. The van der Waals surface area contributed by atoms with Gasteiger partial charge < -0.3 is 5.32 Å². The van der Waals surface area contributed by atoms with Gasteiger partial charge in [-0.3, -0.25) is 0 Å². The Bertz CT molecular complexity index is 570. The van der Waals surface area contributed by atoms with Crippen LogP contribution in [0.25, 0.3) is 0 Å². The number of hydrogen-bond donors (Lipinski definition) is 1. The summed E-state index contributed by atoms with van der Waals surface area (Å²) in [6, 6.07) is 18.0. The molecule has 0 aliphatic carbocycles. The number of nitrogens with one attached hydrogen (secondary N) is 1. The first-order valence-corrected chi connectivity index (χ1v) is 11.7. The van der Waals surface area contributed by atoms with Gasteiger partial charge in [-0.05, 0) is 30.2 Å². The van der Waals surface area contributed by atoms with Gasteiger partial charge in [0.05, 0.1) is 8.07 Å². The fourth-order valence-corrected chi connectivity index (χ4v) is 3.69. The first kappa shape index (κ1) is 16.5. The highest BCUT2D eigenvalue weighted by molar-refractivity contribution is 9.10. The van der Waals surface area contributed by atoms with Crippen molar-refractivity contribution in [3.8, 4) is 0 Å². The standard InChI is InChI=1S/C18H24BrNSi/c1-14(16-7-9-17(19)10-8-16)20-13-15-5-11-18(12-6-15)21(2,3)4/h5-12,14,20H,13H2,1-4H3/t14-/m1/s1. The van der Waals surface area contributed by atoms with Gasteiger partial charge in [-0.25, -0.2) is 0 Å². The van der Waals surface area contributed by atoms with E-state index in [1.54, 1.807) is 0 Å². The van der Waals surface area contributed by atoms with Gasteiger partial charge in [0.15, 0.2) is 0 Å². The molecule has 0 amide bonds. The minimum atomic E-state index is -1.18. The van der Waals surface area contributed by atoms with Crippen LogP contribution >= 0.6 is 15.9 Å². The number of benzene rings is 2. The lowest BCUT2D eigenvalue weighted by molar-refractivity contribution is 0.575. The van der Waals surface area contributed by atoms with E-state index in [9.17, 15) is 0 Å². The largest absolute Gasteiger partial charge is 0.306 e. The third-order valence-electron chi connectivity index (χ3n) is 3.80. The second kappa shape index (κ2) is 6.90. The first-order valence-electron chi connectivity index (χ1n) is 7.44. The van der Waals surface area contributed by atoms with E-state index in [0.29, 0.717) is 6.04 Å². The van der Waals surface area contributed by atoms with Crippen molar-refractivity contribution in [1.29, 1.82) is 0 Å². The van der Waals surface area contributed by atoms with E-state index in [1.165, 1.54) is 16.3 Å². The molecule has 2 aromatic carbocycles. The SMILES string of the molecule is C[C@@H](NCc1ccc([Si](C)(C)C)cc1)c1ccc(Br)cc1. The zero-order chi connectivity index (χ0) is 15.5. The minimum absolute atomic E-state index is 0.356. The summed E-state index contributed by atoms with van der Waals surface area (Å²) in [5.41, 5.74) is 2.66. The van der Waals surface area contributed by atoms with Crippen LogP contribution < -0.4 is 10.5 Å². The Morgan fingerprint density at radius 1 is 0.952 bits per heavy atom. The molecule has 21 heavy (non-hydrogen) atoms. The summed E-state index contributed by atoms with van der Waals surface area (Å²) in [6.45, 7) is 10.3. The van der Waals surface area contributed by atoms with E-state index < -0.39 is 8.07 Å². The normalized spacial score (nSPS) is 13.2. The summed E-state index contributed by atoms with van der Waals surface area (Å²) in [4.78, 5) is 0. The Kier molecular flexibility index (Phi) is 5.41. The summed E-state index contributed by atoms with van der Waals surface area (Å²) < 4.78 is 1.13. The van der Waals surface area contributed by atoms with Crippen molar-refractivity contribution in [3.05, 3.63) is 64.1 Å². The predicted octanol–water partition coefficient (Wildman–Crippen LogP) is 4.85. The zero-order valence-electron chi connectivity index (χ0n) is 13.3. The van der Waals surface area contributed by atoms with Crippen LogP contribution in [-0.2, 0) is 6.54 Å². The van der Waals surface area contributed by atoms with E-state index >= 15 is 0 Å². The lowest BCUT2D eigenvalue weighted by Gasteiger charge is -2.18. The van der Waals surface area contributed by atoms with Gasteiger partial charge in [0.1, 0.15) is 0 Å². The van der Waals surface area contributed by atoms with Gasteiger partial charge in [-0.1, -0.05) is 77.2 Å². The Morgan fingerprint density at radius 3 is 2.05 bits per heavy atom. The number of hydrogen-bond acceptors (Lipinski definition) is 1. The molecule has 1 atom stereocenters. The smallest absolute Gasteiger partial charge is 0.0775 e. The van der Waals surface area contributed by atoms with Crippen LogP contribution in [0.4, 0.5) is 0 Å². The monoisotopic (exact) mass is 361 g/mol. The highest BCUT2D eigenvalue weighted by Crippen LogP contribution is 2.17. The molecule has 2 rings (SSSR count). The average Bonchev–Trinajstić information content (AvgIpc) is 2.45. The molecular weight excluding hydrogens is 338 g/mol. The fourth-order valence-electron chi connectivity index (χ4n) is 2.26. The molecule has 0 heterocycles. The van der Waals surface area contributed by atoms with Crippen LogP contribution in [0.2, 0.25) is 19.6 Å². The highest BCUT2D eigenvalue weighted by Gasteiger charge is 2.15. The molecule has 3 heteroatoms. The molecule has 0 fully saturated rings. The topological polar surface area (TPSA) is 12.0 Å². The lowest BCUT2D eigenvalue weighted by atomic mass is 10.1. The van der Waals surface area contributed by atoms with Crippen LogP contribution in [0.1, 0.15) is 24.1 Å². The van der Waals surface area contributed by atoms with Gasteiger partial charge >= 0.3 is 0 Å². The Balaban J connectivity index is 1.95. The molecule has 0 radical (unpaired) electrons. The second-order valence-corrected chi connectivity index (χ2v) is 12.6. The summed E-state index contributed by atoms with van der Waals surface area (Å²) in [5, 5.41) is 5.11. The summed E-state index contributed by atoms with van der Waals surface area (Å²) in [7, 11) is -1.18. The average molecular weight is 362 g/mol. The van der Waals surface area contributed by atoms with Crippen LogP contribution in [0.5, 0.6) is 0 Å². The van der Waals surface area contributed by atoms with Crippen molar-refractivity contribution in [2.45, 2.75) is 39.2 Å². The molecule has 2 aromatic rings. The lowest BCUT2D eigenvalue weighted by Crippen LogP contribution is -2.37. The quantitative estimate of drug-likeness (QED) is 0.750. The Morgan fingerprint density at radius 2 is 1.52 bits per heavy atom. The van der Waals surface area contributed by atoms with Gasteiger partial charge in [-0.2, -0.15) is 0 Å². The maximum atomic E-state index is 3.59. The molecule has 0 aliphatic rings. The van der Waals surface area contributed by atoms with Gasteiger partial charge in [0.2, 0.25) is 0 Å². The molecule has 0 saturated carbocycles. The number of rotatable bonds is 5. The van der Waals surface area contributed by atoms with Crippen molar-refractivity contribution in [3.63, 3.8) is 0 Å². The van der Waals surface area contributed by atoms with Crippen LogP contribution in [0.15, 0.2) is 53.0 Å². The second-order valence-electron chi connectivity index (χ2n) is 6.60. The predicted molar refractivity (Wildman–Crippen MR) is 98.8 cm³/mol. The van der Waals surface area contributed by atoms with Crippen LogP contribution in [0, 0.1) is 0 Å². The summed E-state index contributed by atoms with van der Waals surface area (Å²) >= 11 is 3.48. The first-order chi connectivity index (χ1) is 9.86. The molecule has 0 bridgehead atoms. The number of halogens is 1. The summed E-state index contributed by atoms with van der Waals surface area (Å²) in [6.07, 6.45) is 0. The third-order valence-corrected chi connectivity index (χ3v) is 6.40. The van der Waals surface area contributed by atoms with Gasteiger partial charge in [0, 0.05) is 17.1 Å². The fraction of sp³-hybridized carbons (Fsp3) is 0.333. The maximum absolute atomic E-state index is 3.59. The van der Waals surface area contributed by atoms with Crippen molar-refractivity contribution in [2.24, 2.45) is 0 Å². The molecule has 0 spiro atoms. The highest BCUT2D eigenvalue weighted by atomic mass is 79.9. The molecule has 0 aromatic heterocycles. The van der Waals surface area contributed by atoms with Gasteiger partial charge in [-0.15, -0.1) is 0 Å². The van der Waals surface area contributed by atoms with Crippen LogP contribution in [0.3, 0.4) is 0 Å². The van der Waals surface area contributed by atoms with Crippen molar-refractivity contribution < 1.29 is 0 Å². The zero-order valence-corrected chi connectivity index (χ0v) is 15.9. The van der Waals surface area contributed by atoms with E-state index in [4.69, 9.17) is 0 Å². The van der Waals surface area contributed by atoms with E-state index in [0.717, 1.165) is 11.0 Å². The summed E-state index contributed by atoms with van der Waals surface area (Å²) in [5.74, 6) is 0. The van der Waals surface area contributed by atoms with Gasteiger partial charge in [0.25, 0.3) is 0 Å². The van der Waals surface area contributed by atoms with E-state index in [1.807, 2.05) is 0 Å². The Labute approximate surface area is 137 Å². The maximum Gasteiger partial charge on any atom is 0.0775 e. The van der Waals surface area contributed by atoms with Crippen molar-refractivity contribution in [2.75, 3.05) is 0 Å². The van der Waals surface area contributed by atoms with E-state index in [-0.39, 0.29) is 0 Å². The minimum Gasteiger partial charge on any atom is -0.306 e. The van der Waals surface area contributed by atoms with Crippen molar-refractivity contribution >= 4 is 29.2 Å². The third kappa shape index (κ3) is 4.80. The van der Waals surface area contributed by atoms with Crippen molar-refractivity contribution in [1.82, 2.24) is 5.32 Å². The molecule has 0 aliphatic heterocycles. The van der Waals surface area contributed by atoms with E-state index in [2.05, 4.69) is 96.3 Å². The Hall–Kier alpha value is -0.903. The molecule has 0 saturated heterocycles. The molecule has 0 unspecified atom stereocenters. The molecule has 112 valence electrons. The molecule has 1 N–H and O–H groups in total.